The highest BCUT2D eigenvalue weighted by Crippen LogP contribution is 2.29. The molecule has 29 heavy (non-hydrogen) atoms. The van der Waals surface area contributed by atoms with Gasteiger partial charge in [0.25, 0.3) is 0 Å². The summed E-state index contributed by atoms with van der Waals surface area (Å²) in [6, 6.07) is 7.63. The maximum Gasteiger partial charge on any atom is 0.164 e. The topological polar surface area (TPSA) is 134 Å². The van der Waals surface area contributed by atoms with Gasteiger partial charge in [0.05, 0.1) is 19.3 Å². The van der Waals surface area contributed by atoms with E-state index in [1.54, 1.807) is 30.8 Å². The average Bonchev–Trinajstić information content (AvgIpc) is 3.15. The van der Waals surface area contributed by atoms with Crippen molar-refractivity contribution in [3.63, 3.8) is 0 Å². The van der Waals surface area contributed by atoms with Gasteiger partial charge in [-0.3, -0.25) is 4.21 Å². The van der Waals surface area contributed by atoms with Crippen LogP contribution in [-0.4, -0.2) is 62.5 Å². The first-order chi connectivity index (χ1) is 13.9. The molecule has 0 radical (unpaired) electrons. The molecule has 0 bridgehead atoms. The molecule has 1 aliphatic rings. The van der Waals surface area contributed by atoms with Crippen molar-refractivity contribution < 1.29 is 8.95 Å². The number of morpholine rings is 1. The molecule has 0 spiro atoms. The molecule has 3 N–H and O–H groups in total. The van der Waals surface area contributed by atoms with Gasteiger partial charge in [-0.25, -0.2) is 15.0 Å². The van der Waals surface area contributed by atoms with Crippen LogP contribution in [0.15, 0.2) is 24.4 Å². The maximum atomic E-state index is 9.56. The van der Waals surface area contributed by atoms with Gasteiger partial charge in [-0.2, -0.15) is 5.26 Å². The summed E-state index contributed by atoms with van der Waals surface area (Å²) in [5, 5.41) is 10.1. The number of pyridine rings is 1. The van der Waals surface area contributed by atoms with Gasteiger partial charge in [0.2, 0.25) is 0 Å². The summed E-state index contributed by atoms with van der Waals surface area (Å²) >= 11 is 0. The lowest BCUT2D eigenvalue weighted by Gasteiger charge is -2.34. The quantitative estimate of drug-likeness (QED) is 0.648. The summed E-state index contributed by atoms with van der Waals surface area (Å²) in [6.07, 6.45) is 5.06. The number of H-pyrrole nitrogens is 1. The minimum Gasteiger partial charge on any atom is -0.384 e. The molecule has 3 aromatic heterocycles. The van der Waals surface area contributed by atoms with Crippen molar-refractivity contribution in [2.24, 2.45) is 0 Å². The van der Waals surface area contributed by atoms with E-state index in [4.69, 9.17) is 15.5 Å². The van der Waals surface area contributed by atoms with E-state index in [0.717, 1.165) is 23.3 Å². The van der Waals surface area contributed by atoms with Crippen LogP contribution in [0.25, 0.3) is 22.4 Å². The molecule has 1 saturated heterocycles. The normalized spacial score (nSPS) is 16.4. The number of ether oxygens (including phenoxy) is 1. The fraction of sp³-hybridized carbons (Fsp3) is 0.368. The molecule has 152 valence electrons. The first kappa shape index (κ1) is 20.7. The van der Waals surface area contributed by atoms with Crippen molar-refractivity contribution in [2.45, 2.75) is 13.0 Å². The van der Waals surface area contributed by atoms with Crippen LogP contribution in [0.5, 0.6) is 0 Å². The number of aromatic amines is 1. The summed E-state index contributed by atoms with van der Waals surface area (Å²) in [6.45, 7) is 4.13. The van der Waals surface area contributed by atoms with E-state index in [1.807, 2.05) is 6.07 Å². The zero-order chi connectivity index (χ0) is 21.0. The highest BCUT2D eigenvalue weighted by atomic mass is 32.2. The van der Waals surface area contributed by atoms with Gasteiger partial charge < -0.3 is 20.4 Å². The molecule has 10 heteroatoms. The molecular weight excluding hydrogens is 390 g/mol. The van der Waals surface area contributed by atoms with Crippen molar-refractivity contribution in [3.8, 4) is 17.5 Å². The highest BCUT2D eigenvalue weighted by molar-refractivity contribution is 7.83. The minimum atomic E-state index is -0.611. The number of nitrogens with one attached hydrogen (secondary N) is 1. The lowest BCUT2D eigenvalue weighted by molar-refractivity contribution is 0.0985. The van der Waals surface area contributed by atoms with Gasteiger partial charge in [0.1, 0.15) is 29.0 Å². The number of nitrogens with two attached hydrogens (primary N) is 1. The Labute approximate surface area is 171 Å². The van der Waals surface area contributed by atoms with Crippen LogP contribution in [-0.2, 0) is 15.5 Å². The van der Waals surface area contributed by atoms with Gasteiger partial charge in [-0.1, -0.05) is 0 Å². The Hall–Kier alpha value is -3.03. The number of hydrogen-bond acceptors (Lipinski definition) is 8. The van der Waals surface area contributed by atoms with E-state index < -0.39 is 10.8 Å². The molecule has 1 fully saturated rings. The lowest BCUT2D eigenvalue weighted by Crippen LogP contribution is -2.44. The van der Waals surface area contributed by atoms with Crippen molar-refractivity contribution in [1.29, 1.82) is 5.26 Å². The number of fused-ring (bicyclic) bond motifs is 1. The second kappa shape index (κ2) is 8.98. The molecular formula is C19H23N7O2S. The first-order valence-corrected chi connectivity index (χ1v) is 11.0. The van der Waals surface area contributed by atoms with Crippen molar-refractivity contribution in [2.75, 3.05) is 42.9 Å². The molecule has 1 aliphatic heterocycles. The summed E-state index contributed by atoms with van der Waals surface area (Å²) in [5.74, 6) is 1.63. The number of hydrogen-bond donors (Lipinski definition) is 2. The molecule has 4 heterocycles. The Morgan fingerprint density at radius 3 is 2.79 bits per heavy atom. The summed E-state index contributed by atoms with van der Waals surface area (Å²) < 4.78 is 15.0. The molecule has 4 rings (SSSR count). The second-order valence-corrected chi connectivity index (χ2v) is 8.22. The Morgan fingerprint density at radius 1 is 1.34 bits per heavy atom. The first-order valence-electron chi connectivity index (χ1n) is 9.01. The number of anilines is 2. The largest absolute Gasteiger partial charge is 0.384 e. The van der Waals surface area contributed by atoms with E-state index >= 15 is 0 Å². The smallest absolute Gasteiger partial charge is 0.164 e. The standard InChI is InChI=1S/C17H17N7O.C2H6OS/c1-10-9-25-5-4-24(10)15-7-14(19)22-17(23-15)13-6-11(8-18)21-16-12(13)2-3-20-16;1-4(2)3/h2-3,6-7,10H,4-5,9H2,1H3,(H,20,21)(H2,19,22,23);1-2H3. The summed E-state index contributed by atoms with van der Waals surface area (Å²) in [7, 11) is -0.611. The number of nitrogen functional groups attached to an aromatic ring is 1. The number of aromatic nitrogens is 4. The van der Waals surface area contributed by atoms with E-state index in [0.29, 0.717) is 36.2 Å². The minimum absolute atomic E-state index is 0.204. The van der Waals surface area contributed by atoms with Crippen LogP contribution in [0.4, 0.5) is 11.6 Å². The van der Waals surface area contributed by atoms with Gasteiger partial charge in [-0.05, 0) is 19.1 Å². The molecule has 0 saturated carbocycles. The van der Waals surface area contributed by atoms with Crippen LogP contribution in [0.1, 0.15) is 12.6 Å². The summed E-state index contributed by atoms with van der Waals surface area (Å²) in [4.78, 5) is 18.5. The zero-order valence-corrected chi connectivity index (χ0v) is 17.4. The molecule has 0 amide bonds. The van der Waals surface area contributed by atoms with Crippen LogP contribution >= 0.6 is 0 Å². The Bertz CT molecular complexity index is 1070. The van der Waals surface area contributed by atoms with E-state index in [-0.39, 0.29) is 6.04 Å². The summed E-state index contributed by atoms with van der Waals surface area (Å²) in [5.41, 5.74) is 7.70. The third-order valence-electron chi connectivity index (χ3n) is 4.28. The van der Waals surface area contributed by atoms with Gasteiger partial charge in [0, 0.05) is 53.1 Å². The molecule has 3 aromatic rings. The zero-order valence-electron chi connectivity index (χ0n) is 16.5. The predicted molar refractivity (Wildman–Crippen MR) is 114 cm³/mol. The van der Waals surface area contributed by atoms with Crippen molar-refractivity contribution in [1.82, 2.24) is 19.9 Å². The molecule has 0 aromatic carbocycles. The molecule has 1 unspecified atom stereocenters. The van der Waals surface area contributed by atoms with Gasteiger partial charge >= 0.3 is 0 Å². The number of rotatable bonds is 2. The molecule has 1 atom stereocenters. The maximum absolute atomic E-state index is 9.56. The van der Waals surface area contributed by atoms with Crippen molar-refractivity contribution >= 4 is 33.5 Å². The fourth-order valence-electron chi connectivity index (χ4n) is 3.07. The number of nitrogens with zero attached hydrogens (tertiary/aromatic N) is 5. The Morgan fingerprint density at radius 2 is 2.10 bits per heavy atom. The van der Waals surface area contributed by atoms with Crippen LogP contribution < -0.4 is 10.6 Å². The van der Waals surface area contributed by atoms with Crippen LogP contribution in [0.3, 0.4) is 0 Å². The average molecular weight is 414 g/mol. The van der Waals surface area contributed by atoms with Gasteiger partial charge in [-0.15, -0.1) is 0 Å². The lowest BCUT2D eigenvalue weighted by atomic mass is 10.1. The number of nitriles is 1. The fourth-order valence-corrected chi connectivity index (χ4v) is 3.07. The third-order valence-corrected chi connectivity index (χ3v) is 4.28. The van der Waals surface area contributed by atoms with Crippen LogP contribution in [0.2, 0.25) is 0 Å². The van der Waals surface area contributed by atoms with Gasteiger partial charge in [0.15, 0.2) is 5.82 Å². The highest BCUT2D eigenvalue weighted by Gasteiger charge is 2.22. The SMILES string of the molecule is CC1COCCN1c1cc(N)nc(-c2cc(C#N)nc3[nH]ccc23)n1.CS(C)=O. The second-order valence-electron chi connectivity index (χ2n) is 6.74. The third kappa shape index (κ3) is 4.88. The van der Waals surface area contributed by atoms with Crippen LogP contribution in [0, 0.1) is 11.3 Å². The van der Waals surface area contributed by atoms with Crippen molar-refractivity contribution in [3.05, 3.63) is 30.1 Å². The molecule has 9 nitrogen and oxygen atoms in total. The van der Waals surface area contributed by atoms with E-state index in [1.165, 1.54) is 0 Å². The Balaban J connectivity index is 0.000000552. The molecule has 0 aliphatic carbocycles. The van der Waals surface area contributed by atoms with E-state index in [9.17, 15) is 9.47 Å². The monoisotopic (exact) mass is 413 g/mol. The van der Waals surface area contributed by atoms with E-state index in [2.05, 4.69) is 32.8 Å². The Kier molecular flexibility index (Phi) is 6.41. The predicted octanol–water partition coefficient (Wildman–Crippen LogP) is 1.69.